The van der Waals surface area contributed by atoms with E-state index in [4.69, 9.17) is 19.6 Å². The van der Waals surface area contributed by atoms with Crippen molar-refractivity contribution in [1.82, 2.24) is 29.1 Å². The van der Waals surface area contributed by atoms with E-state index in [0.29, 0.717) is 5.56 Å². The molecule has 39 heavy (non-hydrogen) atoms. The smallest absolute Gasteiger partial charge is 0.490 e. The fraction of sp³-hybridized carbons (Fsp3) is 0.462. The fourth-order valence-electron chi connectivity index (χ4n) is 5.33. The van der Waals surface area contributed by atoms with Gasteiger partial charge >= 0.3 is 12.1 Å². The molecule has 1 N–H and O–H groups in total. The summed E-state index contributed by atoms with van der Waals surface area (Å²) in [5.74, 6) is -0.787. The summed E-state index contributed by atoms with van der Waals surface area (Å²) in [6, 6.07) is 7.37. The molecule has 0 aliphatic carbocycles. The highest BCUT2D eigenvalue weighted by Crippen LogP contribution is 2.42. The Bertz CT molecular complexity index is 1310. The molecule has 0 unspecified atom stereocenters. The summed E-state index contributed by atoms with van der Waals surface area (Å²) in [5.41, 5.74) is 2.79. The van der Waals surface area contributed by atoms with Gasteiger partial charge in [0.25, 0.3) is 5.91 Å². The van der Waals surface area contributed by atoms with E-state index in [1.807, 2.05) is 59.5 Å². The monoisotopic (exact) mass is 548 g/mol. The van der Waals surface area contributed by atoms with Crippen LogP contribution in [0.15, 0.2) is 42.9 Å². The summed E-state index contributed by atoms with van der Waals surface area (Å²) in [6.07, 6.45) is 2.61. The summed E-state index contributed by atoms with van der Waals surface area (Å²) in [7, 11) is 3.57. The summed E-state index contributed by atoms with van der Waals surface area (Å²) >= 11 is 0. The van der Waals surface area contributed by atoms with Gasteiger partial charge in [-0.15, -0.1) is 0 Å². The molecule has 2 aromatic heterocycles. The number of benzene rings is 1. The van der Waals surface area contributed by atoms with Crippen molar-refractivity contribution < 1.29 is 32.6 Å². The molecular formula is C26H31F3N6O4. The molecule has 0 atom stereocenters. The normalized spacial score (nSPS) is 16.8. The molecule has 210 valence electrons. The number of fused-ring (bicyclic) bond motifs is 2. The molecule has 3 aromatic rings. The Hall–Kier alpha value is -3.87. The predicted molar refractivity (Wildman–Crippen MR) is 135 cm³/mol. The number of aromatic nitrogens is 4. The number of hydrogen-bond donors (Lipinski definition) is 1. The first-order valence-corrected chi connectivity index (χ1v) is 12.5. The van der Waals surface area contributed by atoms with Crippen LogP contribution in [0.5, 0.6) is 5.75 Å². The van der Waals surface area contributed by atoms with Gasteiger partial charge < -0.3 is 19.3 Å². The highest BCUT2D eigenvalue weighted by Gasteiger charge is 2.47. The lowest BCUT2D eigenvalue weighted by Gasteiger charge is -2.50. The fourth-order valence-corrected chi connectivity index (χ4v) is 5.33. The second kappa shape index (κ2) is 11.1. The van der Waals surface area contributed by atoms with Crippen LogP contribution in [0.3, 0.4) is 0 Å². The molecule has 1 aromatic carbocycles. The maximum atomic E-state index is 13.1. The third-order valence-electron chi connectivity index (χ3n) is 7.31. The van der Waals surface area contributed by atoms with Crippen LogP contribution in [-0.4, -0.2) is 85.6 Å². The van der Waals surface area contributed by atoms with Crippen molar-refractivity contribution in [3.05, 3.63) is 54.2 Å². The van der Waals surface area contributed by atoms with Gasteiger partial charge in [0.05, 0.1) is 30.7 Å². The summed E-state index contributed by atoms with van der Waals surface area (Å²) in [6.45, 7) is 6.54. The molecule has 10 nitrogen and oxygen atoms in total. The maximum Gasteiger partial charge on any atom is 0.490 e. The Labute approximate surface area is 223 Å². The third-order valence-corrected chi connectivity index (χ3v) is 7.31. The lowest BCUT2D eigenvalue weighted by molar-refractivity contribution is -0.192. The minimum atomic E-state index is -5.08. The van der Waals surface area contributed by atoms with Crippen LogP contribution in [0.25, 0.3) is 11.3 Å². The molecule has 0 bridgehead atoms. The number of methoxy groups -OCH3 is 1. The summed E-state index contributed by atoms with van der Waals surface area (Å²) in [5, 5.41) is 11.5. The Morgan fingerprint density at radius 1 is 1.08 bits per heavy atom. The van der Waals surface area contributed by atoms with E-state index in [1.165, 1.54) is 0 Å². The zero-order chi connectivity index (χ0) is 28.4. The van der Waals surface area contributed by atoms with Gasteiger partial charge in [-0.25, -0.2) is 9.78 Å². The number of ether oxygens (including phenoxy) is 1. The molecule has 2 aliphatic heterocycles. The molecule has 2 aliphatic rings. The maximum absolute atomic E-state index is 13.1. The van der Waals surface area contributed by atoms with E-state index in [0.717, 1.165) is 68.4 Å². The van der Waals surface area contributed by atoms with Gasteiger partial charge in [-0.1, -0.05) is 6.92 Å². The molecule has 0 saturated carbocycles. The molecule has 4 heterocycles. The lowest BCUT2D eigenvalue weighted by Crippen LogP contribution is -2.58. The van der Waals surface area contributed by atoms with E-state index in [1.54, 1.807) is 7.11 Å². The zero-order valence-corrected chi connectivity index (χ0v) is 22.0. The first-order chi connectivity index (χ1) is 18.5. The van der Waals surface area contributed by atoms with E-state index in [-0.39, 0.29) is 11.4 Å². The van der Waals surface area contributed by atoms with Gasteiger partial charge in [-0.05, 0) is 43.7 Å². The summed E-state index contributed by atoms with van der Waals surface area (Å²) in [4.78, 5) is 31.5. The number of likely N-dealkylation sites (tertiary alicyclic amines) is 1. The Morgan fingerprint density at radius 3 is 2.23 bits per heavy atom. The Kier molecular flexibility index (Phi) is 8.00. The van der Waals surface area contributed by atoms with Crippen LogP contribution >= 0.6 is 0 Å². The number of halogens is 3. The number of carboxylic acid groups (broad SMARTS) is 1. The van der Waals surface area contributed by atoms with Crippen molar-refractivity contribution in [3.63, 3.8) is 0 Å². The van der Waals surface area contributed by atoms with Crippen molar-refractivity contribution in [2.24, 2.45) is 7.05 Å². The van der Waals surface area contributed by atoms with Crippen molar-refractivity contribution in [2.45, 2.75) is 38.0 Å². The van der Waals surface area contributed by atoms with Crippen LogP contribution in [0, 0.1) is 0 Å². The van der Waals surface area contributed by atoms with Gasteiger partial charge in [0.15, 0.2) is 0 Å². The molecule has 1 amide bonds. The highest BCUT2D eigenvalue weighted by molar-refractivity contribution is 5.94. The van der Waals surface area contributed by atoms with Gasteiger partial charge in [0.2, 0.25) is 0 Å². The topological polar surface area (TPSA) is 106 Å². The number of hydrogen-bond acceptors (Lipinski definition) is 6. The van der Waals surface area contributed by atoms with Crippen LogP contribution in [0.4, 0.5) is 13.2 Å². The number of nitrogens with zero attached hydrogens (tertiary/aromatic N) is 6. The number of imidazole rings is 1. The van der Waals surface area contributed by atoms with Gasteiger partial charge in [0, 0.05) is 50.6 Å². The number of aliphatic carboxylic acids is 1. The number of carbonyl (C=O) groups excluding carboxylic acids is 1. The van der Waals surface area contributed by atoms with Crippen LogP contribution in [-0.2, 0) is 23.9 Å². The Balaban J connectivity index is 0.000000448. The van der Waals surface area contributed by atoms with Crippen molar-refractivity contribution >= 4 is 11.9 Å². The quantitative estimate of drug-likeness (QED) is 0.533. The average Bonchev–Trinajstić information content (AvgIpc) is 3.55. The summed E-state index contributed by atoms with van der Waals surface area (Å²) < 4.78 is 41.1. The van der Waals surface area contributed by atoms with Crippen molar-refractivity contribution in [1.29, 1.82) is 0 Å². The number of piperidine rings is 1. The molecular weight excluding hydrogens is 517 g/mol. The van der Waals surface area contributed by atoms with Gasteiger partial charge in [0.1, 0.15) is 11.6 Å². The zero-order valence-electron chi connectivity index (χ0n) is 22.0. The minimum absolute atomic E-state index is 0.0840. The molecule has 1 fully saturated rings. The molecule has 5 rings (SSSR count). The van der Waals surface area contributed by atoms with Crippen LogP contribution in [0.2, 0.25) is 0 Å². The van der Waals surface area contributed by atoms with Crippen LogP contribution < -0.4 is 4.74 Å². The lowest BCUT2D eigenvalue weighted by atomic mass is 9.83. The van der Waals surface area contributed by atoms with E-state index in [9.17, 15) is 18.0 Å². The highest BCUT2D eigenvalue weighted by atomic mass is 19.4. The SMILES string of the molecule is CCN1CCn2c(-c3cnn(C)c3)cnc2C12CCN(C(=O)c1ccc(OC)cc1)CC2.O=C(O)C(F)(F)F. The van der Waals surface area contributed by atoms with E-state index >= 15 is 0 Å². The van der Waals surface area contributed by atoms with Gasteiger partial charge in [-0.3, -0.25) is 14.4 Å². The largest absolute Gasteiger partial charge is 0.497 e. The first kappa shape index (κ1) is 28.1. The van der Waals surface area contributed by atoms with E-state index in [2.05, 4.69) is 21.5 Å². The van der Waals surface area contributed by atoms with Crippen LogP contribution in [0.1, 0.15) is 35.9 Å². The third kappa shape index (κ3) is 5.63. The van der Waals surface area contributed by atoms with Crippen molar-refractivity contribution in [2.75, 3.05) is 33.3 Å². The molecule has 1 saturated heterocycles. The first-order valence-electron chi connectivity index (χ1n) is 12.5. The molecule has 1 spiro atoms. The molecule has 13 heteroatoms. The second-order valence-electron chi connectivity index (χ2n) is 9.46. The standard InChI is InChI=1S/C24H30N6O2.C2HF3O2/c1-4-29-13-14-30-21(19-15-26-27(2)17-19)16-25-23(30)24(29)9-11-28(12-10-24)22(31)18-5-7-20(32-3)8-6-18;3-2(4,5)1(6)7/h5-8,15-17H,4,9-14H2,1-3H3;(H,6,7). The second-order valence-corrected chi connectivity index (χ2v) is 9.46. The Morgan fingerprint density at radius 2 is 1.72 bits per heavy atom. The van der Waals surface area contributed by atoms with E-state index < -0.39 is 12.1 Å². The minimum Gasteiger partial charge on any atom is -0.497 e. The number of aryl methyl sites for hydroxylation is 1. The number of likely N-dealkylation sites (N-methyl/N-ethyl adjacent to an activating group) is 1. The number of carboxylic acids is 1. The van der Waals surface area contributed by atoms with Gasteiger partial charge in [-0.2, -0.15) is 18.3 Å². The number of alkyl halides is 3. The average molecular weight is 549 g/mol. The predicted octanol–water partition coefficient (Wildman–Crippen LogP) is 3.39. The number of amides is 1. The molecule has 0 radical (unpaired) electrons. The number of rotatable bonds is 4. The van der Waals surface area contributed by atoms with Crippen molar-refractivity contribution in [3.8, 4) is 17.0 Å². The number of carbonyl (C=O) groups is 2.